The Hall–Kier alpha value is -2.16. The van der Waals surface area contributed by atoms with Crippen LogP contribution in [-0.2, 0) is 17.9 Å². The van der Waals surface area contributed by atoms with Crippen molar-refractivity contribution < 1.29 is 9.18 Å². The minimum absolute atomic E-state index is 0. The van der Waals surface area contributed by atoms with E-state index in [1.165, 1.54) is 6.07 Å². The number of carbonyl (C=O) groups excluding carboxylic acids is 1. The molecule has 2 rings (SSSR count). The van der Waals surface area contributed by atoms with Crippen molar-refractivity contribution in [2.75, 3.05) is 13.6 Å². The average molecular weight is 470 g/mol. The summed E-state index contributed by atoms with van der Waals surface area (Å²) in [5.74, 6) is 0.228. The third-order valence-electron chi connectivity index (χ3n) is 3.60. The summed E-state index contributed by atoms with van der Waals surface area (Å²) in [6.07, 6.45) is 0.327. The second kappa shape index (κ2) is 12.2. The van der Waals surface area contributed by atoms with Gasteiger partial charge in [0.1, 0.15) is 5.82 Å². The number of benzene rings is 2. The van der Waals surface area contributed by atoms with Gasteiger partial charge in [0.05, 0.1) is 0 Å². The van der Waals surface area contributed by atoms with Crippen LogP contribution in [0.2, 0.25) is 0 Å². The number of rotatable bonds is 7. The van der Waals surface area contributed by atoms with Gasteiger partial charge in [-0.1, -0.05) is 48.5 Å². The lowest BCUT2D eigenvalue weighted by atomic mass is 10.2. The maximum atomic E-state index is 13.6. The molecule has 7 heteroatoms. The van der Waals surface area contributed by atoms with Crippen molar-refractivity contribution in [3.63, 3.8) is 0 Å². The summed E-state index contributed by atoms with van der Waals surface area (Å²) in [6.45, 7) is 1.28. The molecule has 26 heavy (non-hydrogen) atoms. The molecule has 0 spiro atoms. The van der Waals surface area contributed by atoms with E-state index < -0.39 is 0 Å². The Balaban J connectivity index is 0.00000338. The van der Waals surface area contributed by atoms with Gasteiger partial charge in [0.15, 0.2) is 5.96 Å². The summed E-state index contributed by atoms with van der Waals surface area (Å²) < 4.78 is 13.6. The van der Waals surface area contributed by atoms with E-state index in [9.17, 15) is 9.18 Å². The molecule has 2 aromatic carbocycles. The van der Waals surface area contributed by atoms with Crippen LogP contribution in [0.3, 0.4) is 0 Å². The van der Waals surface area contributed by atoms with Crippen molar-refractivity contribution in [2.45, 2.75) is 19.5 Å². The summed E-state index contributed by atoms with van der Waals surface area (Å²) in [6, 6.07) is 16.3. The first-order valence-corrected chi connectivity index (χ1v) is 8.17. The van der Waals surface area contributed by atoms with E-state index in [1.807, 2.05) is 30.3 Å². The van der Waals surface area contributed by atoms with E-state index in [0.29, 0.717) is 37.6 Å². The van der Waals surface area contributed by atoms with Crippen molar-refractivity contribution in [3.05, 3.63) is 71.5 Å². The molecule has 0 unspecified atom stereocenters. The molecule has 0 heterocycles. The van der Waals surface area contributed by atoms with Crippen LogP contribution in [0.1, 0.15) is 17.5 Å². The van der Waals surface area contributed by atoms with Crippen molar-refractivity contribution in [1.29, 1.82) is 0 Å². The van der Waals surface area contributed by atoms with E-state index in [2.05, 4.69) is 20.9 Å². The van der Waals surface area contributed by atoms with Crippen LogP contribution in [0.5, 0.6) is 0 Å². The molecule has 0 saturated heterocycles. The van der Waals surface area contributed by atoms with E-state index in [4.69, 9.17) is 0 Å². The summed E-state index contributed by atoms with van der Waals surface area (Å²) in [5.41, 5.74) is 1.62. The van der Waals surface area contributed by atoms with Crippen molar-refractivity contribution in [3.8, 4) is 0 Å². The smallest absolute Gasteiger partial charge is 0.222 e. The second-order valence-electron chi connectivity index (χ2n) is 5.46. The van der Waals surface area contributed by atoms with E-state index >= 15 is 0 Å². The van der Waals surface area contributed by atoms with Gasteiger partial charge in [0, 0.05) is 38.7 Å². The van der Waals surface area contributed by atoms with E-state index in [-0.39, 0.29) is 35.7 Å². The molecular formula is C19H24FIN4O. The Bertz CT molecular complexity index is 710. The van der Waals surface area contributed by atoms with Crippen LogP contribution < -0.4 is 16.0 Å². The highest BCUT2D eigenvalue weighted by Gasteiger charge is 2.04. The highest BCUT2D eigenvalue weighted by molar-refractivity contribution is 14.0. The monoisotopic (exact) mass is 470 g/mol. The van der Waals surface area contributed by atoms with Gasteiger partial charge in [-0.2, -0.15) is 0 Å². The lowest BCUT2D eigenvalue weighted by Gasteiger charge is -2.12. The summed E-state index contributed by atoms with van der Waals surface area (Å²) >= 11 is 0. The Morgan fingerprint density at radius 3 is 2.35 bits per heavy atom. The van der Waals surface area contributed by atoms with Crippen LogP contribution in [0.25, 0.3) is 0 Å². The normalized spacial score (nSPS) is 10.6. The van der Waals surface area contributed by atoms with Gasteiger partial charge in [-0.25, -0.2) is 4.39 Å². The van der Waals surface area contributed by atoms with Gasteiger partial charge >= 0.3 is 0 Å². The zero-order valence-corrected chi connectivity index (χ0v) is 17.0. The number of nitrogens with zero attached hydrogens (tertiary/aromatic N) is 1. The van der Waals surface area contributed by atoms with Gasteiger partial charge < -0.3 is 16.0 Å². The van der Waals surface area contributed by atoms with Gasteiger partial charge in [-0.15, -0.1) is 24.0 Å². The molecule has 5 nitrogen and oxygen atoms in total. The van der Waals surface area contributed by atoms with Gasteiger partial charge in [0.2, 0.25) is 5.91 Å². The van der Waals surface area contributed by atoms with Crippen LogP contribution in [0.15, 0.2) is 59.6 Å². The SMILES string of the molecule is CN=C(NCCC(=O)NCc1ccccc1)NCc1ccccc1F.I. The largest absolute Gasteiger partial charge is 0.356 e. The molecule has 0 aliphatic carbocycles. The fourth-order valence-electron chi connectivity index (χ4n) is 2.22. The molecule has 0 aliphatic rings. The standard InChI is InChI=1S/C19H23FN4O.HI/c1-21-19(24-14-16-9-5-6-10-17(16)20)22-12-11-18(25)23-13-15-7-3-2-4-8-15;/h2-10H,11-14H2,1H3,(H,23,25)(H2,21,22,24);1H. The van der Waals surface area contributed by atoms with Gasteiger partial charge in [0.25, 0.3) is 0 Å². The molecule has 0 radical (unpaired) electrons. The molecular weight excluding hydrogens is 446 g/mol. The van der Waals surface area contributed by atoms with E-state index in [0.717, 1.165) is 5.56 Å². The summed E-state index contributed by atoms with van der Waals surface area (Å²) in [4.78, 5) is 15.9. The van der Waals surface area contributed by atoms with Gasteiger partial charge in [-0.05, 0) is 11.6 Å². The van der Waals surface area contributed by atoms with Crippen molar-refractivity contribution >= 4 is 35.8 Å². The molecule has 3 N–H and O–H groups in total. The lowest BCUT2D eigenvalue weighted by molar-refractivity contribution is -0.121. The number of amides is 1. The lowest BCUT2D eigenvalue weighted by Crippen LogP contribution is -2.39. The van der Waals surface area contributed by atoms with Crippen molar-refractivity contribution in [1.82, 2.24) is 16.0 Å². The molecule has 0 atom stereocenters. The molecule has 1 amide bonds. The van der Waals surface area contributed by atoms with Crippen LogP contribution in [-0.4, -0.2) is 25.5 Å². The Morgan fingerprint density at radius 1 is 0.962 bits per heavy atom. The Morgan fingerprint density at radius 2 is 1.65 bits per heavy atom. The number of carbonyl (C=O) groups is 1. The molecule has 0 aromatic heterocycles. The number of hydrogen-bond acceptors (Lipinski definition) is 2. The maximum absolute atomic E-state index is 13.6. The minimum Gasteiger partial charge on any atom is -0.356 e. The molecule has 0 bridgehead atoms. The first-order valence-electron chi connectivity index (χ1n) is 8.17. The maximum Gasteiger partial charge on any atom is 0.222 e. The fraction of sp³-hybridized carbons (Fsp3) is 0.263. The first-order chi connectivity index (χ1) is 12.2. The van der Waals surface area contributed by atoms with Crippen LogP contribution in [0.4, 0.5) is 4.39 Å². The third kappa shape index (κ3) is 7.81. The topological polar surface area (TPSA) is 65.5 Å². The number of hydrogen-bond donors (Lipinski definition) is 3. The molecule has 2 aromatic rings. The quantitative estimate of drug-likeness (QED) is 0.332. The predicted octanol–water partition coefficient (Wildman–Crippen LogP) is 2.82. The number of halogens is 2. The Labute approximate surface area is 170 Å². The second-order valence-corrected chi connectivity index (χ2v) is 5.46. The highest BCUT2D eigenvalue weighted by atomic mass is 127. The number of aliphatic imine (C=N–C) groups is 1. The molecule has 140 valence electrons. The molecule has 0 aliphatic heterocycles. The third-order valence-corrected chi connectivity index (χ3v) is 3.60. The predicted molar refractivity (Wildman–Crippen MR) is 113 cm³/mol. The Kier molecular flexibility index (Phi) is 10.3. The number of nitrogens with one attached hydrogen (secondary N) is 3. The molecule has 0 fully saturated rings. The van der Waals surface area contributed by atoms with Crippen molar-refractivity contribution in [2.24, 2.45) is 4.99 Å². The highest BCUT2D eigenvalue weighted by Crippen LogP contribution is 2.05. The first kappa shape index (κ1) is 21.9. The van der Waals surface area contributed by atoms with Crippen LogP contribution >= 0.6 is 24.0 Å². The minimum atomic E-state index is -0.259. The van der Waals surface area contributed by atoms with Crippen LogP contribution in [0, 0.1) is 5.82 Å². The zero-order chi connectivity index (χ0) is 17.9. The average Bonchev–Trinajstić information content (AvgIpc) is 2.65. The zero-order valence-electron chi connectivity index (χ0n) is 14.7. The summed E-state index contributed by atoms with van der Waals surface area (Å²) in [5, 5.41) is 8.94. The van der Waals surface area contributed by atoms with E-state index in [1.54, 1.807) is 25.2 Å². The molecule has 0 saturated carbocycles. The summed E-state index contributed by atoms with van der Waals surface area (Å²) in [7, 11) is 1.63. The fourth-order valence-corrected chi connectivity index (χ4v) is 2.22. The van der Waals surface area contributed by atoms with Gasteiger partial charge in [-0.3, -0.25) is 9.79 Å². The number of guanidine groups is 1.